The normalized spacial score (nSPS) is 28.4. The summed E-state index contributed by atoms with van der Waals surface area (Å²) >= 11 is 0. The summed E-state index contributed by atoms with van der Waals surface area (Å²) in [6.45, 7) is 2.25. The highest BCUT2D eigenvalue weighted by atomic mass is 19.1. The molecule has 0 aliphatic heterocycles. The van der Waals surface area contributed by atoms with Crippen molar-refractivity contribution in [3.63, 3.8) is 0 Å². The number of benzene rings is 1. The van der Waals surface area contributed by atoms with Crippen molar-refractivity contribution >= 4 is 0 Å². The molecule has 2 aliphatic carbocycles. The monoisotopic (exact) mass is 393 g/mol. The molecule has 1 aromatic rings. The van der Waals surface area contributed by atoms with Crippen LogP contribution in [-0.2, 0) is 6.42 Å². The number of nitriles is 1. The van der Waals surface area contributed by atoms with Gasteiger partial charge in [0.25, 0.3) is 0 Å². The standard InChI is InChI=1S/C27H36FN/c1-2-3-4-21-11-15-25(16-12-21)26-17-13-23(14-18-26)6-5-22-7-9-24(10-8-22)19-27(28)20-29/h5-6,11-12,15-16,19,22-24,26H,2-4,7-10,13-14,17-18H2,1H3/b6-5+,27-19?/t22-,23-,24-,26-. The van der Waals surface area contributed by atoms with Crippen molar-refractivity contribution < 1.29 is 4.39 Å². The van der Waals surface area contributed by atoms with Crippen molar-refractivity contribution in [3.8, 4) is 6.07 Å². The van der Waals surface area contributed by atoms with E-state index in [0.717, 1.165) is 37.5 Å². The van der Waals surface area contributed by atoms with Crippen LogP contribution in [0.3, 0.4) is 0 Å². The summed E-state index contributed by atoms with van der Waals surface area (Å²) in [6, 6.07) is 11.0. The molecule has 0 N–H and O–H groups in total. The molecule has 1 nitrogen and oxygen atoms in total. The molecule has 156 valence electrons. The van der Waals surface area contributed by atoms with Crippen molar-refractivity contribution in [1.82, 2.24) is 0 Å². The lowest BCUT2D eigenvalue weighted by Crippen LogP contribution is -2.14. The number of hydrogen-bond donors (Lipinski definition) is 0. The highest BCUT2D eigenvalue weighted by molar-refractivity contribution is 5.26. The number of aryl methyl sites for hydroxylation is 1. The molecule has 0 saturated heterocycles. The molecule has 3 rings (SSSR count). The van der Waals surface area contributed by atoms with E-state index >= 15 is 0 Å². The van der Waals surface area contributed by atoms with E-state index in [2.05, 4.69) is 43.3 Å². The fourth-order valence-corrected chi connectivity index (χ4v) is 5.04. The van der Waals surface area contributed by atoms with Crippen LogP contribution < -0.4 is 0 Å². The number of allylic oxidation sites excluding steroid dienone is 4. The Bertz CT molecular complexity index is 708. The van der Waals surface area contributed by atoms with Gasteiger partial charge in [-0.05, 0) is 105 Å². The van der Waals surface area contributed by atoms with Crippen LogP contribution in [0.1, 0.15) is 88.2 Å². The van der Waals surface area contributed by atoms with Gasteiger partial charge in [-0.2, -0.15) is 9.65 Å². The fraction of sp³-hybridized carbons (Fsp3) is 0.593. The molecule has 0 unspecified atom stereocenters. The van der Waals surface area contributed by atoms with Gasteiger partial charge < -0.3 is 0 Å². The lowest BCUT2D eigenvalue weighted by molar-refractivity contribution is 0.346. The van der Waals surface area contributed by atoms with Gasteiger partial charge in [0, 0.05) is 0 Å². The van der Waals surface area contributed by atoms with E-state index in [9.17, 15) is 4.39 Å². The van der Waals surface area contributed by atoms with E-state index in [-0.39, 0.29) is 5.92 Å². The van der Waals surface area contributed by atoms with E-state index in [0.29, 0.717) is 5.92 Å². The first-order valence-electron chi connectivity index (χ1n) is 11.7. The zero-order valence-corrected chi connectivity index (χ0v) is 18.0. The molecule has 0 heterocycles. The smallest absolute Gasteiger partial charge is 0.195 e. The van der Waals surface area contributed by atoms with Gasteiger partial charge in [-0.25, -0.2) is 0 Å². The van der Waals surface area contributed by atoms with Gasteiger partial charge >= 0.3 is 0 Å². The highest BCUT2D eigenvalue weighted by Crippen LogP contribution is 2.37. The van der Waals surface area contributed by atoms with Crippen molar-refractivity contribution in [2.24, 2.45) is 17.8 Å². The Morgan fingerprint density at radius 2 is 1.48 bits per heavy atom. The second-order valence-corrected chi connectivity index (χ2v) is 9.14. The number of unbranched alkanes of at least 4 members (excludes halogenated alkanes) is 1. The third-order valence-electron chi connectivity index (χ3n) is 7.00. The first-order chi connectivity index (χ1) is 14.2. The molecule has 0 spiro atoms. The maximum absolute atomic E-state index is 13.1. The molecule has 2 aliphatic rings. The van der Waals surface area contributed by atoms with Crippen LogP contribution in [-0.4, -0.2) is 0 Å². The predicted octanol–water partition coefficient (Wildman–Crippen LogP) is 8.04. The number of rotatable bonds is 7. The first kappa shape index (κ1) is 21.8. The van der Waals surface area contributed by atoms with Crippen LogP contribution in [0.2, 0.25) is 0 Å². The van der Waals surface area contributed by atoms with Crippen molar-refractivity contribution in [2.75, 3.05) is 0 Å². The van der Waals surface area contributed by atoms with Gasteiger partial charge in [-0.15, -0.1) is 0 Å². The van der Waals surface area contributed by atoms with E-state index in [4.69, 9.17) is 5.26 Å². The SMILES string of the molecule is CCCCc1ccc([C@H]2CC[C@H](/C=C/[C@H]3CC[C@H](C=C(F)C#N)CC3)CC2)cc1. The zero-order chi connectivity index (χ0) is 20.5. The average Bonchev–Trinajstić information content (AvgIpc) is 2.78. The Morgan fingerprint density at radius 1 is 0.931 bits per heavy atom. The van der Waals surface area contributed by atoms with E-state index in [1.165, 1.54) is 62.1 Å². The fourth-order valence-electron chi connectivity index (χ4n) is 5.04. The molecular formula is C27H36FN. The summed E-state index contributed by atoms with van der Waals surface area (Å²) in [5.41, 5.74) is 3.01. The summed E-state index contributed by atoms with van der Waals surface area (Å²) in [4.78, 5) is 0. The summed E-state index contributed by atoms with van der Waals surface area (Å²) < 4.78 is 13.1. The average molecular weight is 394 g/mol. The van der Waals surface area contributed by atoms with Crippen molar-refractivity contribution in [3.05, 3.63) is 59.4 Å². The number of hydrogen-bond acceptors (Lipinski definition) is 1. The Morgan fingerprint density at radius 3 is 2.03 bits per heavy atom. The van der Waals surface area contributed by atoms with Gasteiger partial charge in [-0.3, -0.25) is 0 Å². The summed E-state index contributed by atoms with van der Waals surface area (Å²) in [6.07, 6.45) is 19.6. The van der Waals surface area contributed by atoms with Gasteiger partial charge in [0.05, 0.1) is 0 Å². The Kier molecular flexibility index (Phi) is 8.53. The second kappa shape index (κ2) is 11.3. The molecular weight excluding hydrogens is 357 g/mol. The quantitative estimate of drug-likeness (QED) is 0.339. The van der Waals surface area contributed by atoms with Gasteiger partial charge in [0.2, 0.25) is 0 Å². The minimum absolute atomic E-state index is 0.253. The Labute approximate surface area is 176 Å². The summed E-state index contributed by atoms with van der Waals surface area (Å²) in [5.74, 6) is 1.73. The zero-order valence-electron chi connectivity index (χ0n) is 18.0. The molecule has 0 aromatic heterocycles. The Balaban J connectivity index is 1.40. The molecule has 0 atom stereocenters. The maximum Gasteiger partial charge on any atom is 0.196 e. The highest BCUT2D eigenvalue weighted by Gasteiger charge is 2.22. The summed E-state index contributed by atoms with van der Waals surface area (Å²) in [5, 5.41) is 8.58. The molecule has 29 heavy (non-hydrogen) atoms. The van der Waals surface area contributed by atoms with Crippen LogP contribution in [0.4, 0.5) is 4.39 Å². The first-order valence-corrected chi connectivity index (χ1v) is 11.7. The molecule has 0 radical (unpaired) electrons. The van der Waals surface area contributed by atoms with E-state index < -0.39 is 5.83 Å². The molecule has 2 fully saturated rings. The maximum atomic E-state index is 13.1. The van der Waals surface area contributed by atoms with Gasteiger partial charge in [0.1, 0.15) is 6.07 Å². The van der Waals surface area contributed by atoms with E-state index in [1.54, 1.807) is 6.07 Å². The number of nitrogens with zero attached hydrogens (tertiary/aromatic N) is 1. The van der Waals surface area contributed by atoms with Crippen LogP contribution in [0.15, 0.2) is 48.3 Å². The summed E-state index contributed by atoms with van der Waals surface area (Å²) in [7, 11) is 0. The molecule has 2 saturated carbocycles. The van der Waals surface area contributed by atoms with Gasteiger partial charge in [0.15, 0.2) is 5.83 Å². The van der Waals surface area contributed by atoms with Crippen LogP contribution in [0, 0.1) is 29.1 Å². The molecule has 0 bridgehead atoms. The molecule has 0 amide bonds. The van der Waals surface area contributed by atoms with Crippen molar-refractivity contribution in [1.29, 1.82) is 5.26 Å². The number of halogens is 1. The van der Waals surface area contributed by atoms with E-state index in [1.807, 2.05) is 0 Å². The lowest BCUT2D eigenvalue weighted by Gasteiger charge is -2.28. The second-order valence-electron chi connectivity index (χ2n) is 9.14. The van der Waals surface area contributed by atoms with Crippen LogP contribution in [0.25, 0.3) is 0 Å². The largest absolute Gasteiger partial charge is 0.196 e. The van der Waals surface area contributed by atoms with Crippen LogP contribution in [0.5, 0.6) is 0 Å². The third kappa shape index (κ3) is 6.84. The van der Waals surface area contributed by atoms with Crippen molar-refractivity contribution in [2.45, 2.75) is 83.5 Å². The molecule has 1 aromatic carbocycles. The predicted molar refractivity (Wildman–Crippen MR) is 119 cm³/mol. The Hall–Kier alpha value is -1.88. The topological polar surface area (TPSA) is 23.8 Å². The minimum Gasteiger partial charge on any atom is -0.195 e. The van der Waals surface area contributed by atoms with Crippen LogP contribution >= 0.6 is 0 Å². The lowest BCUT2D eigenvalue weighted by atomic mass is 9.77. The molecule has 2 heteroatoms. The van der Waals surface area contributed by atoms with Gasteiger partial charge in [-0.1, -0.05) is 49.8 Å². The third-order valence-corrected chi connectivity index (χ3v) is 7.00. The minimum atomic E-state index is -0.614.